The second kappa shape index (κ2) is 4.40. The molecule has 0 atom stereocenters. The maximum Gasteiger partial charge on any atom is 0.254 e. The van der Waals surface area contributed by atoms with Gasteiger partial charge in [0.1, 0.15) is 0 Å². The van der Waals surface area contributed by atoms with Crippen molar-refractivity contribution in [1.82, 2.24) is 4.98 Å². The van der Waals surface area contributed by atoms with Crippen molar-refractivity contribution in [3.8, 4) is 0 Å². The zero-order valence-corrected chi connectivity index (χ0v) is 8.68. The predicted octanol–water partition coefficient (Wildman–Crippen LogP) is 3.04. The number of para-hydroxylation sites is 1. The molecule has 2 nitrogen and oxygen atoms in total. The first-order chi connectivity index (χ1) is 6.29. The normalized spacial score (nSPS) is 9.50. The zero-order valence-electron chi connectivity index (χ0n) is 7.11. The molecule has 2 aromatic rings. The van der Waals surface area contributed by atoms with E-state index >= 15 is 0 Å². The molecule has 0 unspecified atom stereocenters. The summed E-state index contributed by atoms with van der Waals surface area (Å²) in [7, 11) is 0. The van der Waals surface area contributed by atoms with Crippen LogP contribution < -0.4 is 0 Å². The van der Waals surface area contributed by atoms with Crippen LogP contribution in [0.3, 0.4) is 0 Å². The number of rotatable bonds is 1. The lowest BCUT2D eigenvalue weighted by molar-refractivity contribution is 0.108. The van der Waals surface area contributed by atoms with Gasteiger partial charge in [-0.3, -0.25) is 9.78 Å². The quantitative estimate of drug-likeness (QED) is 0.702. The van der Waals surface area contributed by atoms with Gasteiger partial charge >= 0.3 is 0 Å². The molecule has 0 amide bonds. The number of fused-ring (bicyclic) bond motifs is 1. The van der Waals surface area contributed by atoms with E-state index < -0.39 is 5.24 Å². The molecule has 1 aromatic heterocycles. The van der Waals surface area contributed by atoms with E-state index in [0.29, 0.717) is 11.1 Å². The molecule has 0 fully saturated rings. The molecular formula is C10H7Cl2NO. The third-order valence-electron chi connectivity index (χ3n) is 1.84. The second-order valence-electron chi connectivity index (χ2n) is 2.65. The second-order valence-corrected chi connectivity index (χ2v) is 3.00. The number of halogens is 2. The van der Waals surface area contributed by atoms with Gasteiger partial charge in [-0.25, -0.2) is 0 Å². The number of hydrogen-bond donors (Lipinski definition) is 0. The van der Waals surface area contributed by atoms with Gasteiger partial charge in [-0.2, -0.15) is 0 Å². The molecule has 0 aliphatic rings. The minimum Gasteiger partial charge on any atom is -0.276 e. The van der Waals surface area contributed by atoms with Crippen molar-refractivity contribution < 1.29 is 4.79 Å². The lowest BCUT2D eigenvalue weighted by atomic mass is 10.1. The third kappa shape index (κ3) is 1.86. The molecule has 1 heterocycles. The minimum atomic E-state index is -0.468. The highest BCUT2D eigenvalue weighted by atomic mass is 35.5. The topological polar surface area (TPSA) is 30.0 Å². The highest BCUT2D eigenvalue weighted by Gasteiger charge is 2.06. The molecular weight excluding hydrogens is 221 g/mol. The van der Waals surface area contributed by atoms with Gasteiger partial charge in [-0.15, -0.1) is 12.4 Å². The first kappa shape index (κ1) is 11.0. The van der Waals surface area contributed by atoms with Gasteiger partial charge < -0.3 is 0 Å². The average Bonchev–Trinajstić information content (AvgIpc) is 2.17. The minimum absolute atomic E-state index is 0. The van der Waals surface area contributed by atoms with Crippen LogP contribution in [0.15, 0.2) is 36.5 Å². The average molecular weight is 228 g/mol. The molecule has 14 heavy (non-hydrogen) atoms. The smallest absolute Gasteiger partial charge is 0.254 e. The first-order valence-corrected chi connectivity index (χ1v) is 4.20. The lowest BCUT2D eigenvalue weighted by Crippen LogP contribution is -1.91. The molecule has 0 radical (unpaired) electrons. The summed E-state index contributed by atoms with van der Waals surface area (Å²) in [5.41, 5.74) is 1.12. The molecule has 1 aromatic carbocycles. The number of hydrogen-bond acceptors (Lipinski definition) is 2. The van der Waals surface area contributed by atoms with Gasteiger partial charge in [0, 0.05) is 11.6 Å². The van der Waals surface area contributed by atoms with Crippen molar-refractivity contribution in [2.24, 2.45) is 0 Å². The van der Waals surface area contributed by atoms with Gasteiger partial charge in [-0.05, 0) is 23.7 Å². The van der Waals surface area contributed by atoms with Crippen molar-refractivity contribution in [2.45, 2.75) is 0 Å². The van der Waals surface area contributed by atoms with E-state index in [1.54, 1.807) is 18.3 Å². The van der Waals surface area contributed by atoms with Crippen LogP contribution in [0.4, 0.5) is 0 Å². The summed E-state index contributed by atoms with van der Waals surface area (Å²) in [6.07, 6.45) is 1.64. The molecule has 0 aliphatic carbocycles. The maximum absolute atomic E-state index is 11.0. The summed E-state index contributed by atoms with van der Waals surface area (Å²) in [6, 6.07) is 9.08. The monoisotopic (exact) mass is 227 g/mol. The van der Waals surface area contributed by atoms with E-state index in [0.717, 1.165) is 5.39 Å². The van der Waals surface area contributed by atoms with Crippen LogP contribution in [-0.2, 0) is 0 Å². The van der Waals surface area contributed by atoms with E-state index in [1.165, 1.54) is 0 Å². The van der Waals surface area contributed by atoms with Crippen LogP contribution >= 0.6 is 24.0 Å². The molecule has 0 N–H and O–H groups in total. The lowest BCUT2D eigenvalue weighted by Gasteiger charge is -1.99. The number of carbonyl (C=O) groups is 1. The van der Waals surface area contributed by atoms with Gasteiger partial charge in [0.25, 0.3) is 5.24 Å². The van der Waals surface area contributed by atoms with Gasteiger partial charge in [0.2, 0.25) is 0 Å². The fourth-order valence-electron chi connectivity index (χ4n) is 1.26. The molecule has 0 bridgehead atoms. The Morgan fingerprint density at radius 2 is 1.93 bits per heavy atom. The summed E-state index contributed by atoms with van der Waals surface area (Å²) < 4.78 is 0. The summed E-state index contributed by atoms with van der Waals surface area (Å²) in [4.78, 5) is 15.1. The van der Waals surface area contributed by atoms with Crippen LogP contribution in [0.2, 0.25) is 0 Å². The number of aromatic nitrogens is 1. The van der Waals surface area contributed by atoms with Gasteiger partial charge in [-0.1, -0.05) is 18.2 Å². The van der Waals surface area contributed by atoms with Crippen LogP contribution in [0.25, 0.3) is 10.9 Å². The number of benzene rings is 1. The standard InChI is InChI=1S/C10H6ClNO.ClH/c11-10(13)8-5-1-3-7-4-2-6-12-9(7)8;/h1-6H;1H. The Morgan fingerprint density at radius 3 is 2.64 bits per heavy atom. The van der Waals surface area contributed by atoms with Crippen molar-refractivity contribution in [3.05, 3.63) is 42.1 Å². The fourth-order valence-corrected chi connectivity index (χ4v) is 1.42. The Labute approximate surface area is 92.3 Å². The highest BCUT2D eigenvalue weighted by Crippen LogP contribution is 2.17. The van der Waals surface area contributed by atoms with E-state index in [2.05, 4.69) is 4.98 Å². The van der Waals surface area contributed by atoms with Crippen LogP contribution in [0, 0.1) is 0 Å². The molecule has 0 saturated heterocycles. The van der Waals surface area contributed by atoms with E-state index in [1.807, 2.05) is 18.2 Å². The summed E-state index contributed by atoms with van der Waals surface area (Å²) >= 11 is 5.40. The summed E-state index contributed by atoms with van der Waals surface area (Å²) in [5.74, 6) is 0. The van der Waals surface area contributed by atoms with Crippen molar-refractivity contribution >= 4 is 40.2 Å². The molecule has 0 saturated carbocycles. The fraction of sp³-hybridized carbons (Fsp3) is 0. The molecule has 0 spiro atoms. The first-order valence-electron chi connectivity index (χ1n) is 3.82. The summed E-state index contributed by atoms with van der Waals surface area (Å²) in [6.45, 7) is 0. The molecule has 4 heteroatoms. The molecule has 72 valence electrons. The van der Waals surface area contributed by atoms with Crippen LogP contribution in [0.1, 0.15) is 10.4 Å². The number of nitrogens with zero attached hydrogens (tertiary/aromatic N) is 1. The Kier molecular flexibility index (Phi) is 3.44. The van der Waals surface area contributed by atoms with Gasteiger partial charge in [0.15, 0.2) is 0 Å². The van der Waals surface area contributed by atoms with Crippen molar-refractivity contribution in [3.63, 3.8) is 0 Å². The van der Waals surface area contributed by atoms with E-state index in [4.69, 9.17) is 11.6 Å². The van der Waals surface area contributed by atoms with Crippen molar-refractivity contribution in [2.75, 3.05) is 0 Å². The van der Waals surface area contributed by atoms with Gasteiger partial charge in [0.05, 0.1) is 11.1 Å². The van der Waals surface area contributed by atoms with Crippen molar-refractivity contribution in [1.29, 1.82) is 0 Å². The third-order valence-corrected chi connectivity index (χ3v) is 2.05. The summed E-state index contributed by atoms with van der Waals surface area (Å²) in [5, 5.41) is 0.457. The Bertz CT molecular complexity index is 465. The number of pyridine rings is 1. The maximum atomic E-state index is 11.0. The Morgan fingerprint density at radius 1 is 1.21 bits per heavy atom. The Balaban J connectivity index is 0.000000980. The SMILES string of the molecule is Cl.O=C(Cl)c1cccc2cccnc12. The van der Waals surface area contributed by atoms with Crippen LogP contribution in [0.5, 0.6) is 0 Å². The number of carbonyl (C=O) groups excluding carboxylic acids is 1. The highest BCUT2D eigenvalue weighted by molar-refractivity contribution is 6.68. The molecule has 2 rings (SSSR count). The predicted molar refractivity (Wildman–Crippen MR) is 59.2 cm³/mol. The Hall–Kier alpha value is -1.12. The zero-order chi connectivity index (χ0) is 9.26. The van der Waals surface area contributed by atoms with E-state index in [9.17, 15) is 4.79 Å². The molecule has 0 aliphatic heterocycles. The largest absolute Gasteiger partial charge is 0.276 e. The van der Waals surface area contributed by atoms with Crippen LogP contribution in [-0.4, -0.2) is 10.2 Å². The van der Waals surface area contributed by atoms with E-state index in [-0.39, 0.29) is 12.4 Å².